The van der Waals surface area contributed by atoms with Gasteiger partial charge in [-0.2, -0.15) is 0 Å². The number of carboxylic acid groups (broad SMARTS) is 1. The van der Waals surface area contributed by atoms with Crippen LogP contribution in [0.25, 0.3) is 0 Å². The van der Waals surface area contributed by atoms with Crippen LogP contribution in [0.3, 0.4) is 0 Å². The number of nitrogens with zero attached hydrogens (tertiary/aromatic N) is 2. The second-order valence-electron chi connectivity index (χ2n) is 8.10. The summed E-state index contributed by atoms with van der Waals surface area (Å²) in [6.45, 7) is 6.92. The number of ether oxygens (including phenoxy) is 1. The number of carbonyl (C=O) groups is 2. The topological polar surface area (TPSA) is 79.7 Å². The summed E-state index contributed by atoms with van der Waals surface area (Å²) in [5.41, 5.74) is 4.18. The molecule has 3 rings (SSSR count). The molecule has 28 heavy (non-hydrogen) atoms. The van der Waals surface area contributed by atoms with Gasteiger partial charge in [-0.15, -0.1) is 0 Å². The Morgan fingerprint density at radius 2 is 1.75 bits per heavy atom. The van der Waals surface area contributed by atoms with Crippen molar-refractivity contribution in [2.75, 3.05) is 13.1 Å². The summed E-state index contributed by atoms with van der Waals surface area (Å²) >= 11 is 0. The van der Waals surface area contributed by atoms with Gasteiger partial charge in [-0.25, -0.2) is 14.6 Å². The van der Waals surface area contributed by atoms with Crippen LogP contribution in [0.4, 0.5) is 4.79 Å². The monoisotopic (exact) mass is 382 g/mol. The number of fused-ring (bicyclic) bond motifs is 1. The molecule has 0 bridgehead atoms. The first-order valence-corrected chi connectivity index (χ1v) is 9.48. The standard InChI is InChI=1S/C22H26N2O4/c1-22(2,3)28-21(27)24-10-8-17-6-4-15(13-18(17)9-11-24)12-16-5-7-19(20(25)26)23-14-16/h4-7,13-14H,8-12H2,1-3H3,(H,25,26). The van der Waals surface area contributed by atoms with Crippen LogP contribution in [0.5, 0.6) is 0 Å². The Hall–Kier alpha value is -2.89. The van der Waals surface area contributed by atoms with Crippen LogP contribution < -0.4 is 0 Å². The lowest BCUT2D eigenvalue weighted by Crippen LogP contribution is -2.38. The second kappa shape index (κ2) is 8.00. The smallest absolute Gasteiger partial charge is 0.410 e. The molecule has 0 radical (unpaired) electrons. The Bertz CT molecular complexity index is 869. The van der Waals surface area contributed by atoms with Gasteiger partial charge in [-0.1, -0.05) is 24.3 Å². The van der Waals surface area contributed by atoms with E-state index in [0.29, 0.717) is 19.5 Å². The molecule has 6 heteroatoms. The van der Waals surface area contributed by atoms with Gasteiger partial charge in [0.15, 0.2) is 0 Å². The van der Waals surface area contributed by atoms with E-state index in [1.54, 1.807) is 17.2 Å². The van der Waals surface area contributed by atoms with Crippen molar-refractivity contribution in [1.29, 1.82) is 0 Å². The summed E-state index contributed by atoms with van der Waals surface area (Å²) in [6, 6.07) is 9.72. The summed E-state index contributed by atoms with van der Waals surface area (Å²) < 4.78 is 5.50. The fourth-order valence-corrected chi connectivity index (χ4v) is 3.29. The third kappa shape index (κ3) is 5.09. The van der Waals surface area contributed by atoms with E-state index in [2.05, 4.69) is 23.2 Å². The Morgan fingerprint density at radius 3 is 2.36 bits per heavy atom. The van der Waals surface area contributed by atoms with Crippen LogP contribution >= 0.6 is 0 Å². The zero-order valence-corrected chi connectivity index (χ0v) is 16.6. The summed E-state index contributed by atoms with van der Waals surface area (Å²) in [6.07, 6.45) is 3.64. The van der Waals surface area contributed by atoms with E-state index in [9.17, 15) is 9.59 Å². The first-order valence-electron chi connectivity index (χ1n) is 9.48. The van der Waals surface area contributed by atoms with E-state index in [1.165, 1.54) is 17.2 Å². The number of benzene rings is 1. The van der Waals surface area contributed by atoms with Gasteiger partial charge in [0.1, 0.15) is 11.3 Å². The van der Waals surface area contributed by atoms with Crippen molar-refractivity contribution in [3.63, 3.8) is 0 Å². The molecule has 148 valence electrons. The van der Waals surface area contributed by atoms with Gasteiger partial charge in [0.05, 0.1) is 0 Å². The fourth-order valence-electron chi connectivity index (χ4n) is 3.29. The number of carbonyl (C=O) groups excluding carboxylic acids is 1. The molecule has 2 aromatic rings. The van der Waals surface area contributed by atoms with Crippen molar-refractivity contribution in [2.24, 2.45) is 0 Å². The third-order valence-electron chi connectivity index (χ3n) is 4.68. The van der Waals surface area contributed by atoms with Crippen molar-refractivity contribution in [1.82, 2.24) is 9.88 Å². The van der Waals surface area contributed by atoms with E-state index in [-0.39, 0.29) is 11.8 Å². The summed E-state index contributed by atoms with van der Waals surface area (Å²) in [4.78, 5) is 29.0. The lowest BCUT2D eigenvalue weighted by molar-refractivity contribution is 0.0258. The molecule has 0 fully saturated rings. The molecule has 2 heterocycles. The molecular weight excluding hydrogens is 356 g/mol. The molecular formula is C22H26N2O4. The summed E-state index contributed by atoms with van der Waals surface area (Å²) in [5, 5.41) is 8.95. The van der Waals surface area contributed by atoms with Crippen LogP contribution in [0.1, 0.15) is 53.5 Å². The molecule has 1 aliphatic heterocycles. The zero-order chi connectivity index (χ0) is 20.3. The predicted molar refractivity (Wildman–Crippen MR) is 106 cm³/mol. The molecule has 6 nitrogen and oxygen atoms in total. The number of pyridine rings is 1. The Labute approximate surface area is 165 Å². The quantitative estimate of drug-likeness (QED) is 0.875. The molecule has 1 amide bonds. The maximum absolute atomic E-state index is 12.4. The third-order valence-corrected chi connectivity index (χ3v) is 4.68. The highest BCUT2D eigenvalue weighted by Crippen LogP contribution is 2.21. The largest absolute Gasteiger partial charge is 0.477 e. The average Bonchev–Trinajstić information content (AvgIpc) is 2.83. The van der Waals surface area contributed by atoms with E-state index >= 15 is 0 Å². The summed E-state index contributed by atoms with van der Waals surface area (Å²) in [7, 11) is 0. The van der Waals surface area contributed by atoms with Crippen molar-refractivity contribution < 1.29 is 19.4 Å². The molecule has 0 saturated carbocycles. The maximum Gasteiger partial charge on any atom is 0.410 e. The Balaban J connectivity index is 1.68. The number of hydrogen-bond acceptors (Lipinski definition) is 4. The molecule has 0 atom stereocenters. The van der Waals surface area contributed by atoms with Gasteiger partial charge in [-0.05, 0) is 68.4 Å². The van der Waals surface area contributed by atoms with Gasteiger partial charge in [0.25, 0.3) is 0 Å². The minimum absolute atomic E-state index is 0.0490. The molecule has 0 aliphatic carbocycles. The second-order valence-corrected chi connectivity index (χ2v) is 8.10. The molecule has 0 spiro atoms. The summed E-state index contributed by atoms with van der Waals surface area (Å²) in [5.74, 6) is -1.02. The highest BCUT2D eigenvalue weighted by molar-refractivity contribution is 5.85. The number of rotatable bonds is 3. The molecule has 1 aromatic heterocycles. The Kier molecular flexibility index (Phi) is 5.68. The van der Waals surface area contributed by atoms with Gasteiger partial charge >= 0.3 is 12.1 Å². The van der Waals surface area contributed by atoms with E-state index in [1.807, 2.05) is 20.8 Å². The van der Waals surface area contributed by atoms with Crippen LogP contribution in [0, 0.1) is 0 Å². The normalized spacial score (nSPS) is 14.2. The van der Waals surface area contributed by atoms with E-state index in [4.69, 9.17) is 9.84 Å². The van der Waals surface area contributed by atoms with Gasteiger partial charge in [0.2, 0.25) is 0 Å². The zero-order valence-electron chi connectivity index (χ0n) is 16.6. The first kappa shape index (κ1) is 19.9. The van der Waals surface area contributed by atoms with Crippen molar-refractivity contribution in [2.45, 2.75) is 45.6 Å². The van der Waals surface area contributed by atoms with Crippen molar-refractivity contribution in [3.8, 4) is 0 Å². The van der Waals surface area contributed by atoms with Gasteiger partial charge in [-0.3, -0.25) is 0 Å². The lowest BCUT2D eigenvalue weighted by atomic mass is 9.97. The van der Waals surface area contributed by atoms with Crippen LogP contribution in [0.15, 0.2) is 36.5 Å². The fraction of sp³-hybridized carbons (Fsp3) is 0.409. The van der Waals surface area contributed by atoms with E-state index < -0.39 is 11.6 Å². The van der Waals surface area contributed by atoms with Crippen LogP contribution in [0.2, 0.25) is 0 Å². The highest BCUT2D eigenvalue weighted by atomic mass is 16.6. The molecule has 1 aliphatic rings. The molecule has 0 saturated heterocycles. The average molecular weight is 382 g/mol. The van der Waals surface area contributed by atoms with Crippen LogP contribution in [-0.2, 0) is 24.0 Å². The number of aromatic carboxylic acids is 1. The first-order chi connectivity index (χ1) is 13.2. The van der Waals surface area contributed by atoms with Gasteiger partial charge < -0.3 is 14.7 Å². The maximum atomic E-state index is 12.4. The molecule has 1 N–H and O–H groups in total. The predicted octanol–water partition coefficient (Wildman–Crippen LogP) is 3.71. The van der Waals surface area contributed by atoms with Crippen LogP contribution in [-0.4, -0.2) is 45.7 Å². The minimum atomic E-state index is -1.02. The SMILES string of the molecule is CC(C)(C)OC(=O)N1CCc2ccc(Cc3ccc(C(=O)O)nc3)cc2CC1. The molecule has 1 aromatic carbocycles. The Morgan fingerprint density at radius 1 is 1.07 bits per heavy atom. The number of hydrogen-bond donors (Lipinski definition) is 1. The lowest BCUT2D eigenvalue weighted by Gasteiger charge is -2.26. The molecule has 0 unspecified atom stereocenters. The number of amides is 1. The minimum Gasteiger partial charge on any atom is -0.477 e. The number of carboxylic acids is 1. The number of aromatic nitrogens is 1. The highest BCUT2D eigenvalue weighted by Gasteiger charge is 2.24. The van der Waals surface area contributed by atoms with Gasteiger partial charge in [0, 0.05) is 19.3 Å². The van der Waals surface area contributed by atoms with E-state index in [0.717, 1.165) is 24.0 Å². The van der Waals surface area contributed by atoms with Crippen molar-refractivity contribution in [3.05, 3.63) is 64.5 Å². The van der Waals surface area contributed by atoms with Crippen molar-refractivity contribution >= 4 is 12.1 Å².